The second-order valence-corrected chi connectivity index (χ2v) is 9.11. The number of rotatable bonds is 5. The zero-order valence-electron chi connectivity index (χ0n) is 17.4. The fourth-order valence-electron chi connectivity index (χ4n) is 5.67. The van der Waals surface area contributed by atoms with Crippen molar-refractivity contribution in [2.24, 2.45) is 17.8 Å². The number of benzene rings is 2. The molecule has 0 radical (unpaired) electrons. The maximum absolute atomic E-state index is 13.5. The van der Waals surface area contributed by atoms with Crippen molar-refractivity contribution in [3.05, 3.63) is 71.8 Å². The van der Waals surface area contributed by atoms with E-state index in [4.69, 9.17) is 0 Å². The smallest absolute Gasteiger partial charge is 0.159 e. The van der Waals surface area contributed by atoms with E-state index in [1.54, 1.807) is 6.07 Å². The largest absolute Gasteiger partial charge is 0.204 e. The molecule has 0 nitrogen and oxygen atoms in total. The Morgan fingerprint density at radius 2 is 1.55 bits per heavy atom. The van der Waals surface area contributed by atoms with Crippen molar-refractivity contribution in [1.29, 1.82) is 0 Å². The van der Waals surface area contributed by atoms with Crippen LogP contribution in [0.1, 0.15) is 69.8 Å². The number of halogens is 2. The molecular weight excluding hydrogens is 362 g/mol. The molecular formula is C27H32F2. The molecule has 2 saturated carbocycles. The number of hydrogen-bond donors (Lipinski definition) is 0. The van der Waals surface area contributed by atoms with E-state index in [9.17, 15) is 8.78 Å². The molecule has 0 N–H and O–H groups in total. The fourth-order valence-corrected chi connectivity index (χ4v) is 5.67. The number of hydrogen-bond acceptors (Lipinski definition) is 0. The quantitative estimate of drug-likeness (QED) is 0.447. The van der Waals surface area contributed by atoms with Gasteiger partial charge >= 0.3 is 0 Å². The summed E-state index contributed by atoms with van der Waals surface area (Å²) in [5.41, 5.74) is 3.09. The van der Waals surface area contributed by atoms with E-state index in [1.165, 1.54) is 69.1 Å². The molecule has 0 amide bonds. The summed E-state index contributed by atoms with van der Waals surface area (Å²) in [4.78, 5) is 0. The summed E-state index contributed by atoms with van der Waals surface area (Å²) in [6.07, 6.45) is 15.3. The van der Waals surface area contributed by atoms with Crippen LogP contribution in [0.4, 0.5) is 8.78 Å². The van der Waals surface area contributed by atoms with Gasteiger partial charge in [-0.3, -0.25) is 0 Å². The van der Waals surface area contributed by atoms with E-state index in [1.807, 2.05) is 0 Å². The summed E-state index contributed by atoms with van der Waals surface area (Å²) in [7, 11) is 0. The number of fused-ring (bicyclic) bond motifs is 1. The van der Waals surface area contributed by atoms with E-state index < -0.39 is 11.6 Å². The van der Waals surface area contributed by atoms with Crippen LogP contribution in [-0.4, -0.2) is 0 Å². The summed E-state index contributed by atoms with van der Waals surface area (Å²) < 4.78 is 26.7. The van der Waals surface area contributed by atoms with E-state index in [-0.39, 0.29) is 0 Å². The van der Waals surface area contributed by atoms with Crippen molar-refractivity contribution in [3.63, 3.8) is 0 Å². The lowest BCUT2D eigenvalue weighted by molar-refractivity contribution is 0.115. The lowest BCUT2D eigenvalue weighted by Crippen LogP contribution is -2.30. The molecule has 2 fully saturated rings. The molecule has 29 heavy (non-hydrogen) atoms. The topological polar surface area (TPSA) is 0 Å². The molecule has 0 heterocycles. The van der Waals surface area contributed by atoms with Crippen molar-refractivity contribution >= 4 is 0 Å². The van der Waals surface area contributed by atoms with Gasteiger partial charge in [-0.25, -0.2) is 8.78 Å². The highest BCUT2D eigenvalue weighted by molar-refractivity contribution is 5.63. The molecule has 2 aromatic rings. The molecule has 2 aliphatic carbocycles. The SMILES string of the molecule is C/C=C/CCC1CCC2CC(c3ccc(-c4ccc(F)c(F)c4)cc3)CCC2C1. The van der Waals surface area contributed by atoms with Gasteiger partial charge in [-0.1, -0.05) is 48.9 Å². The van der Waals surface area contributed by atoms with Gasteiger partial charge in [0.1, 0.15) is 0 Å². The van der Waals surface area contributed by atoms with Gasteiger partial charge < -0.3 is 0 Å². The van der Waals surface area contributed by atoms with Crippen molar-refractivity contribution in [1.82, 2.24) is 0 Å². The van der Waals surface area contributed by atoms with Gasteiger partial charge in [0.25, 0.3) is 0 Å². The number of allylic oxidation sites excluding steroid dienone is 2. The average Bonchev–Trinajstić information content (AvgIpc) is 2.75. The molecule has 0 saturated heterocycles. The summed E-state index contributed by atoms with van der Waals surface area (Å²) in [5, 5.41) is 0. The highest BCUT2D eigenvalue weighted by Crippen LogP contribution is 2.48. The first-order chi connectivity index (χ1) is 14.1. The molecule has 2 aliphatic rings. The maximum Gasteiger partial charge on any atom is 0.159 e. The Hall–Kier alpha value is -1.96. The Morgan fingerprint density at radius 1 is 0.828 bits per heavy atom. The van der Waals surface area contributed by atoms with Crippen LogP contribution < -0.4 is 0 Å². The Labute approximate surface area is 174 Å². The highest BCUT2D eigenvalue weighted by atomic mass is 19.2. The summed E-state index contributed by atoms with van der Waals surface area (Å²) in [6.45, 7) is 2.11. The average molecular weight is 395 g/mol. The van der Waals surface area contributed by atoms with Crippen LogP contribution in [-0.2, 0) is 0 Å². The summed E-state index contributed by atoms with van der Waals surface area (Å²) >= 11 is 0. The van der Waals surface area contributed by atoms with Gasteiger partial charge in [0, 0.05) is 0 Å². The third-order valence-electron chi connectivity index (χ3n) is 7.33. The minimum atomic E-state index is -0.793. The minimum Gasteiger partial charge on any atom is -0.204 e. The highest BCUT2D eigenvalue weighted by Gasteiger charge is 2.35. The Bertz CT molecular complexity index is 836. The van der Waals surface area contributed by atoms with E-state index in [2.05, 4.69) is 43.3 Å². The third-order valence-corrected chi connectivity index (χ3v) is 7.33. The van der Waals surface area contributed by atoms with Gasteiger partial charge in [-0.2, -0.15) is 0 Å². The monoisotopic (exact) mass is 394 g/mol. The Balaban J connectivity index is 1.36. The van der Waals surface area contributed by atoms with Crippen LogP contribution in [0.2, 0.25) is 0 Å². The van der Waals surface area contributed by atoms with Gasteiger partial charge in [0.05, 0.1) is 0 Å². The lowest BCUT2D eigenvalue weighted by atomic mass is 9.63. The third kappa shape index (κ3) is 4.79. The lowest BCUT2D eigenvalue weighted by Gasteiger charge is -2.42. The molecule has 4 unspecified atom stereocenters. The second-order valence-electron chi connectivity index (χ2n) is 9.11. The van der Waals surface area contributed by atoms with Crippen molar-refractivity contribution in [2.75, 3.05) is 0 Å². The van der Waals surface area contributed by atoms with Crippen LogP contribution in [0.5, 0.6) is 0 Å². The molecule has 0 spiro atoms. The second kappa shape index (κ2) is 9.24. The summed E-state index contributed by atoms with van der Waals surface area (Å²) in [6, 6.07) is 12.7. The fraction of sp³-hybridized carbons (Fsp3) is 0.481. The summed E-state index contributed by atoms with van der Waals surface area (Å²) in [5.74, 6) is 1.81. The standard InChI is InChI=1S/C27H32F2/c1-2-3-4-5-19-6-7-24-17-23(13-12-22(24)16-19)20-8-10-21(11-9-20)25-14-15-26(28)27(29)18-25/h2-3,8-11,14-15,18-19,22-24H,4-7,12-13,16-17H2,1H3/b3-2+. The van der Waals surface area contributed by atoms with Crippen LogP contribution >= 0.6 is 0 Å². The van der Waals surface area contributed by atoms with Crippen LogP contribution in [0.15, 0.2) is 54.6 Å². The zero-order valence-corrected chi connectivity index (χ0v) is 17.4. The van der Waals surface area contributed by atoms with Gasteiger partial charge in [-0.05, 0) is 104 Å². The normalized spacial score (nSPS) is 27.1. The van der Waals surface area contributed by atoms with Crippen LogP contribution in [0, 0.1) is 29.4 Å². The predicted octanol–water partition coefficient (Wildman–Crippen LogP) is 8.29. The Kier molecular flexibility index (Phi) is 6.47. The Morgan fingerprint density at radius 3 is 2.31 bits per heavy atom. The van der Waals surface area contributed by atoms with E-state index >= 15 is 0 Å². The van der Waals surface area contributed by atoms with Gasteiger partial charge in [0.15, 0.2) is 11.6 Å². The maximum atomic E-state index is 13.5. The molecule has 0 aliphatic heterocycles. The molecule has 2 aromatic carbocycles. The van der Waals surface area contributed by atoms with E-state index in [0.717, 1.165) is 28.9 Å². The molecule has 2 heteroatoms. The van der Waals surface area contributed by atoms with Crippen molar-refractivity contribution < 1.29 is 8.78 Å². The molecule has 4 atom stereocenters. The first kappa shape index (κ1) is 20.3. The molecule has 0 bridgehead atoms. The first-order valence-corrected chi connectivity index (χ1v) is 11.3. The molecule has 154 valence electrons. The van der Waals surface area contributed by atoms with Crippen molar-refractivity contribution in [2.45, 2.75) is 64.2 Å². The predicted molar refractivity (Wildman–Crippen MR) is 117 cm³/mol. The first-order valence-electron chi connectivity index (χ1n) is 11.3. The minimum absolute atomic E-state index is 0.648. The van der Waals surface area contributed by atoms with Gasteiger partial charge in [-0.15, -0.1) is 0 Å². The van der Waals surface area contributed by atoms with Crippen LogP contribution in [0.25, 0.3) is 11.1 Å². The molecule has 4 rings (SSSR count). The van der Waals surface area contributed by atoms with E-state index in [0.29, 0.717) is 5.92 Å². The molecule has 0 aromatic heterocycles. The van der Waals surface area contributed by atoms with Crippen LogP contribution in [0.3, 0.4) is 0 Å². The van der Waals surface area contributed by atoms with Crippen molar-refractivity contribution in [3.8, 4) is 11.1 Å². The van der Waals surface area contributed by atoms with Gasteiger partial charge in [0.2, 0.25) is 0 Å². The zero-order chi connectivity index (χ0) is 20.2.